The summed E-state index contributed by atoms with van der Waals surface area (Å²) in [4.78, 5) is 0. The second-order valence-electron chi connectivity index (χ2n) is 3.34. The van der Waals surface area contributed by atoms with Crippen molar-refractivity contribution in [2.24, 2.45) is 0 Å². The highest BCUT2D eigenvalue weighted by molar-refractivity contribution is 6.38. The molecule has 11 heavy (non-hydrogen) atoms. The molecule has 0 N–H and O–H groups in total. The third-order valence-electron chi connectivity index (χ3n) is 2.90. The molecule has 0 heterocycles. The first kappa shape index (κ1) is 8.79. The summed E-state index contributed by atoms with van der Waals surface area (Å²) in [5, 5.41) is 0. The van der Waals surface area contributed by atoms with Crippen molar-refractivity contribution < 1.29 is 0 Å². The lowest BCUT2D eigenvalue weighted by molar-refractivity contribution is 1.11. The van der Waals surface area contributed by atoms with Gasteiger partial charge in [0.2, 0.25) is 0 Å². The Morgan fingerprint density at radius 3 is 1.45 bits per heavy atom. The van der Waals surface area contributed by atoms with Gasteiger partial charge in [-0.25, -0.2) is 0 Å². The van der Waals surface area contributed by atoms with Gasteiger partial charge in [-0.1, -0.05) is 17.7 Å². The van der Waals surface area contributed by atoms with Crippen LogP contribution in [0.5, 0.6) is 0 Å². The van der Waals surface area contributed by atoms with Crippen molar-refractivity contribution in [2.45, 2.75) is 39.8 Å². The van der Waals surface area contributed by atoms with E-state index >= 15 is 0 Å². The topological polar surface area (TPSA) is 0 Å². The van der Waals surface area contributed by atoms with E-state index in [2.05, 4.69) is 34.2 Å². The van der Waals surface area contributed by atoms with Gasteiger partial charge in [0.1, 0.15) is 0 Å². The van der Waals surface area contributed by atoms with Crippen molar-refractivity contribution in [3.8, 4) is 0 Å². The number of allylic oxidation sites excluding steroid dienone is 4. The zero-order valence-electron chi connectivity index (χ0n) is 8.08. The summed E-state index contributed by atoms with van der Waals surface area (Å²) in [5.41, 5.74) is 7.03. The zero-order chi connectivity index (χ0) is 8.59. The molecule has 2 radical (unpaired) electrons. The molecule has 0 fully saturated rings. The molecule has 1 aliphatic rings. The van der Waals surface area contributed by atoms with Gasteiger partial charge in [-0.05, 0) is 44.4 Å². The molecular weight excluding hydrogens is 148 g/mol. The van der Waals surface area contributed by atoms with Crippen molar-refractivity contribution in [3.05, 3.63) is 22.3 Å². The van der Waals surface area contributed by atoms with Crippen LogP contribution in [0.4, 0.5) is 0 Å². The van der Waals surface area contributed by atoms with Gasteiger partial charge >= 0.3 is 0 Å². The van der Waals surface area contributed by atoms with E-state index in [1.165, 1.54) is 11.1 Å². The summed E-state index contributed by atoms with van der Waals surface area (Å²) in [6.07, 6.45) is 0. The van der Waals surface area contributed by atoms with Crippen LogP contribution in [0, 0.1) is 0 Å². The monoisotopic (exact) mass is 164 g/mol. The highest BCUT2D eigenvalue weighted by Crippen LogP contribution is 2.39. The van der Waals surface area contributed by atoms with E-state index in [0.717, 1.165) is 15.1 Å². The SMILES string of the molecule is C[Si]C1C(C)=C(C)C(C)=C1C. The first-order valence-corrected chi connectivity index (χ1v) is 5.69. The molecular formula is C10H16Si. The van der Waals surface area contributed by atoms with E-state index in [1.807, 2.05) is 0 Å². The molecule has 0 aliphatic heterocycles. The lowest BCUT2D eigenvalue weighted by Crippen LogP contribution is -1.99. The molecule has 0 aromatic heterocycles. The maximum atomic E-state index is 2.30. The maximum Gasteiger partial charge on any atom is 0.0491 e. The molecule has 60 valence electrons. The molecule has 0 saturated heterocycles. The van der Waals surface area contributed by atoms with Gasteiger partial charge in [0.05, 0.1) is 0 Å². The van der Waals surface area contributed by atoms with Gasteiger partial charge in [0, 0.05) is 9.52 Å². The molecule has 1 heteroatoms. The average Bonchev–Trinajstić information content (AvgIpc) is 2.17. The summed E-state index contributed by atoms with van der Waals surface area (Å²) in [6, 6.07) is 0. The van der Waals surface area contributed by atoms with Gasteiger partial charge in [0.25, 0.3) is 0 Å². The van der Waals surface area contributed by atoms with Crippen molar-refractivity contribution in [3.63, 3.8) is 0 Å². The fraction of sp³-hybridized carbons (Fsp3) is 0.600. The van der Waals surface area contributed by atoms with Gasteiger partial charge in [-0.15, -0.1) is 0 Å². The molecule has 0 amide bonds. The Balaban J connectivity index is 3.04. The summed E-state index contributed by atoms with van der Waals surface area (Å²) in [6.45, 7) is 11.3. The fourth-order valence-corrected chi connectivity index (χ4v) is 3.08. The van der Waals surface area contributed by atoms with Crippen molar-refractivity contribution >= 4 is 9.52 Å². The molecule has 0 aromatic carbocycles. The number of hydrogen-bond acceptors (Lipinski definition) is 0. The van der Waals surface area contributed by atoms with E-state index in [1.54, 1.807) is 11.1 Å². The molecule has 0 bridgehead atoms. The van der Waals surface area contributed by atoms with Crippen LogP contribution in [0.1, 0.15) is 27.7 Å². The van der Waals surface area contributed by atoms with Crippen LogP contribution >= 0.6 is 0 Å². The van der Waals surface area contributed by atoms with Crippen LogP contribution in [0.2, 0.25) is 12.1 Å². The van der Waals surface area contributed by atoms with E-state index < -0.39 is 0 Å². The summed E-state index contributed by atoms with van der Waals surface area (Å²) < 4.78 is 0. The minimum absolute atomic E-state index is 0.773. The Morgan fingerprint density at radius 2 is 1.27 bits per heavy atom. The Kier molecular flexibility index (Phi) is 2.38. The first-order valence-electron chi connectivity index (χ1n) is 4.12. The first-order chi connectivity index (χ1) is 5.09. The normalized spacial score (nSPS) is 20.5. The molecule has 0 atom stereocenters. The van der Waals surface area contributed by atoms with Gasteiger partial charge in [-0.2, -0.15) is 0 Å². The highest BCUT2D eigenvalue weighted by atomic mass is 28.2. The lowest BCUT2D eigenvalue weighted by atomic mass is 10.1. The second kappa shape index (κ2) is 2.98. The molecule has 1 rings (SSSR count). The van der Waals surface area contributed by atoms with Gasteiger partial charge in [0.15, 0.2) is 0 Å². The quantitative estimate of drug-likeness (QED) is 0.522. The second-order valence-corrected chi connectivity index (χ2v) is 4.49. The van der Waals surface area contributed by atoms with Crippen LogP contribution in [-0.2, 0) is 0 Å². The Morgan fingerprint density at radius 1 is 0.909 bits per heavy atom. The molecule has 0 spiro atoms. The van der Waals surface area contributed by atoms with Crippen LogP contribution in [0.15, 0.2) is 22.3 Å². The van der Waals surface area contributed by atoms with Crippen molar-refractivity contribution in [1.82, 2.24) is 0 Å². The Labute approximate surface area is 72.2 Å². The predicted molar refractivity (Wildman–Crippen MR) is 52.1 cm³/mol. The van der Waals surface area contributed by atoms with E-state index in [9.17, 15) is 0 Å². The minimum Gasteiger partial charge on any atom is -0.0725 e. The third-order valence-corrected chi connectivity index (χ3v) is 4.34. The number of rotatable bonds is 1. The zero-order valence-corrected chi connectivity index (χ0v) is 9.08. The van der Waals surface area contributed by atoms with Gasteiger partial charge in [-0.3, -0.25) is 0 Å². The van der Waals surface area contributed by atoms with E-state index in [4.69, 9.17) is 0 Å². The standard InChI is InChI=1S/C10H16Si/c1-6-7(2)9(4)10(11-5)8(6)3/h10H,1-5H3. The average molecular weight is 164 g/mol. The largest absolute Gasteiger partial charge is 0.0725 e. The summed E-state index contributed by atoms with van der Waals surface area (Å²) >= 11 is 0. The molecule has 0 unspecified atom stereocenters. The van der Waals surface area contributed by atoms with E-state index in [-0.39, 0.29) is 0 Å². The molecule has 0 saturated carbocycles. The predicted octanol–water partition coefficient (Wildman–Crippen LogP) is 3.21. The smallest absolute Gasteiger partial charge is 0.0491 e. The van der Waals surface area contributed by atoms with Crippen LogP contribution in [0.3, 0.4) is 0 Å². The third kappa shape index (κ3) is 1.22. The summed E-state index contributed by atoms with van der Waals surface area (Å²) in [7, 11) is 1.03. The van der Waals surface area contributed by atoms with Gasteiger partial charge < -0.3 is 0 Å². The molecule has 0 aromatic rings. The van der Waals surface area contributed by atoms with Crippen LogP contribution in [0.25, 0.3) is 0 Å². The lowest BCUT2D eigenvalue weighted by Gasteiger charge is -2.10. The Hall–Kier alpha value is -0.303. The molecule has 1 aliphatic carbocycles. The maximum absolute atomic E-state index is 2.30. The highest BCUT2D eigenvalue weighted by Gasteiger charge is 2.22. The van der Waals surface area contributed by atoms with Crippen LogP contribution < -0.4 is 0 Å². The fourth-order valence-electron chi connectivity index (χ4n) is 1.78. The minimum atomic E-state index is 0.773. The van der Waals surface area contributed by atoms with E-state index in [0.29, 0.717) is 0 Å². The van der Waals surface area contributed by atoms with Crippen molar-refractivity contribution in [1.29, 1.82) is 0 Å². The Bertz CT molecular complexity index is 209. The number of hydrogen-bond donors (Lipinski definition) is 0. The van der Waals surface area contributed by atoms with Crippen molar-refractivity contribution in [2.75, 3.05) is 0 Å². The molecule has 0 nitrogen and oxygen atoms in total. The van der Waals surface area contributed by atoms with Crippen LogP contribution in [-0.4, -0.2) is 9.52 Å². The summed E-state index contributed by atoms with van der Waals surface area (Å²) in [5.74, 6) is 0.